The molecule has 0 radical (unpaired) electrons. The molecule has 0 spiro atoms. The predicted molar refractivity (Wildman–Crippen MR) is 100 cm³/mol. The number of amides is 2. The van der Waals surface area contributed by atoms with Crippen LogP contribution in [-0.2, 0) is 11.3 Å². The van der Waals surface area contributed by atoms with Gasteiger partial charge in [-0.15, -0.1) is 0 Å². The maximum atomic E-state index is 12.4. The number of pyridine rings is 1. The highest BCUT2D eigenvalue weighted by Gasteiger charge is 2.15. The summed E-state index contributed by atoms with van der Waals surface area (Å²) in [4.78, 5) is 27.7. The number of benzene rings is 2. The van der Waals surface area contributed by atoms with Crippen molar-refractivity contribution in [3.63, 3.8) is 0 Å². The van der Waals surface area contributed by atoms with Gasteiger partial charge in [-0.3, -0.25) is 14.6 Å². The molecule has 2 aromatic carbocycles. The summed E-state index contributed by atoms with van der Waals surface area (Å²) in [5.74, 6) is -0.789. The van der Waals surface area contributed by atoms with E-state index in [0.717, 1.165) is 5.56 Å². The fourth-order valence-electron chi connectivity index (χ4n) is 2.51. The number of halogens is 1. The Balaban J connectivity index is 1.80. The normalized spacial score (nSPS) is 10.5. The van der Waals surface area contributed by atoms with Crippen LogP contribution in [0.5, 0.6) is 5.75 Å². The molecule has 0 aliphatic carbocycles. The van der Waals surface area contributed by atoms with Crippen LogP contribution >= 0.6 is 11.6 Å². The Bertz CT molecular complexity index is 987. The van der Waals surface area contributed by atoms with Crippen LogP contribution in [0.4, 0.5) is 5.69 Å². The maximum Gasteiger partial charge on any atom is 0.256 e. The first-order valence-corrected chi connectivity index (χ1v) is 8.24. The molecule has 3 aromatic rings. The minimum Gasteiger partial charge on any atom is -0.506 e. The van der Waals surface area contributed by atoms with E-state index in [1.807, 2.05) is 12.1 Å². The molecule has 0 unspecified atom stereocenters. The van der Waals surface area contributed by atoms with Gasteiger partial charge in [-0.1, -0.05) is 23.7 Å². The lowest BCUT2D eigenvalue weighted by atomic mass is 10.1. The predicted octanol–water partition coefficient (Wildman–Crippen LogP) is 3.48. The van der Waals surface area contributed by atoms with Crippen LogP contribution in [-0.4, -0.2) is 21.9 Å². The average Bonchev–Trinajstić information content (AvgIpc) is 2.60. The van der Waals surface area contributed by atoms with Crippen molar-refractivity contribution < 1.29 is 14.7 Å². The summed E-state index contributed by atoms with van der Waals surface area (Å²) in [6, 6.07) is 12.0. The van der Waals surface area contributed by atoms with Crippen molar-refractivity contribution in [3.05, 3.63) is 64.8 Å². The van der Waals surface area contributed by atoms with Crippen molar-refractivity contribution in [2.45, 2.75) is 13.5 Å². The van der Waals surface area contributed by atoms with Gasteiger partial charge in [0, 0.05) is 35.8 Å². The van der Waals surface area contributed by atoms with Crippen LogP contribution in [0.15, 0.2) is 48.7 Å². The van der Waals surface area contributed by atoms with Gasteiger partial charge in [-0.2, -0.15) is 0 Å². The van der Waals surface area contributed by atoms with E-state index in [-0.39, 0.29) is 17.2 Å². The van der Waals surface area contributed by atoms with E-state index in [0.29, 0.717) is 28.2 Å². The largest absolute Gasteiger partial charge is 0.506 e. The first-order chi connectivity index (χ1) is 12.4. The number of carbonyl (C=O) groups is 2. The Morgan fingerprint density at radius 2 is 1.88 bits per heavy atom. The molecular weight excluding hydrogens is 354 g/mol. The molecule has 26 heavy (non-hydrogen) atoms. The van der Waals surface area contributed by atoms with Crippen LogP contribution < -0.4 is 10.6 Å². The van der Waals surface area contributed by atoms with Crippen LogP contribution in [0, 0.1) is 0 Å². The van der Waals surface area contributed by atoms with E-state index >= 15 is 0 Å². The number of aromatic hydroxyl groups is 1. The second kappa shape index (κ2) is 7.41. The van der Waals surface area contributed by atoms with E-state index in [1.54, 1.807) is 30.3 Å². The second-order valence-electron chi connectivity index (χ2n) is 5.74. The van der Waals surface area contributed by atoms with Crippen molar-refractivity contribution in [3.8, 4) is 5.75 Å². The van der Waals surface area contributed by atoms with E-state index < -0.39 is 5.91 Å². The molecule has 0 saturated heterocycles. The molecule has 0 saturated carbocycles. The number of hydrogen-bond acceptors (Lipinski definition) is 4. The lowest BCUT2D eigenvalue weighted by Crippen LogP contribution is -2.23. The molecule has 0 bridgehead atoms. The molecule has 0 aliphatic heterocycles. The molecule has 2 amide bonds. The SMILES string of the molecule is CC(=O)Nc1ccc2c(O)c(C(=O)NCc3ccc(Cl)cc3)cnc2c1. The van der Waals surface area contributed by atoms with Gasteiger partial charge in [-0.25, -0.2) is 0 Å². The third kappa shape index (κ3) is 3.92. The highest BCUT2D eigenvalue weighted by atomic mass is 35.5. The van der Waals surface area contributed by atoms with Crippen molar-refractivity contribution in [1.29, 1.82) is 0 Å². The number of carbonyl (C=O) groups excluding carboxylic acids is 2. The van der Waals surface area contributed by atoms with Gasteiger partial charge < -0.3 is 15.7 Å². The van der Waals surface area contributed by atoms with Gasteiger partial charge in [0.15, 0.2) is 0 Å². The zero-order chi connectivity index (χ0) is 18.7. The van der Waals surface area contributed by atoms with Crippen LogP contribution in [0.1, 0.15) is 22.8 Å². The molecule has 1 aromatic heterocycles. The molecule has 132 valence electrons. The smallest absolute Gasteiger partial charge is 0.256 e. The summed E-state index contributed by atoms with van der Waals surface area (Å²) < 4.78 is 0. The molecule has 1 heterocycles. The number of fused-ring (bicyclic) bond motifs is 1. The first kappa shape index (κ1) is 17.7. The lowest BCUT2D eigenvalue weighted by Gasteiger charge is -2.10. The molecule has 0 aliphatic rings. The Morgan fingerprint density at radius 3 is 2.58 bits per heavy atom. The number of anilines is 1. The molecule has 3 N–H and O–H groups in total. The number of aromatic nitrogens is 1. The van der Waals surface area contributed by atoms with Gasteiger partial charge >= 0.3 is 0 Å². The molecule has 6 nitrogen and oxygen atoms in total. The summed E-state index contributed by atoms with van der Waals surface area (Å²) in [6.45, 7) is 1.71. The molecule has 7 heteroatoms. The Morgan fingerprint density at radius 1 is 1.15 bits per heavy atom. The molecule has 0 atom stereocenters. The monoisotopic (exact) mass is 369 g/mol. The van der Waals surface area contributed by atoms with Gasteiger partial charge in [-0.05, 0) is 35.9 Å². The highest BCUT2D eigenvalue weighted by molar-refractivity contribution is 6.30. The summed E-state index contributed by atoms with van der Waals surface area (Å²) in [5, 5.41) is 16.9. The Labute approximate surface area is 154 Å². The van der Waals surface area contributed by atoms with E-state index in [9.17, 15) is 14.7 Å². The zero-order valence-electron chi connectivity index (χ0n) is 13.9. The fraction of sp³-hybridized carbons (Fsp3) is 0.105. The van der Waals surface area contributed by atoms with Crippen molar-refractivity contribution in [2.75, 3.05) is 5.32 Å². The summed E-state index contributed by atoms with van der Waals surface area (Å²) in [5.41, 5.74) is 2.01. The third-order valence-corrected chi connectivity index (χ3v) is 4.02. The minimum absolute atomic E-state index is 0.0822. The van der Waals surface area contributed by atoms with E-state index in [4.69, 9.17) is 11.6 Å². The number of hydrogen-bond donors (Lipinski definition) is 3. The maximum absolute atomic E-state index is 12.4. The first-order valence-electron chi connectivity index (χ1n) is 7.86. The van der Waals surface area contributed by atoms with E-state index in [2.05, 4.69) is 15.6 Å². The molecule has 0 fully saturated rings. The summed E-state index contributed by atoms with van der Waals surface area (Å²) in [6.07, 6.45) is 1.31. The Hall–Kier alpha value is -3.12. The number of rotatable bonds is 4. The van der Waals surface area contributed by atoms with Gasteiger partial charge in [0.25, 0.3) is 5.91 Å². The van der Waals surface area contributed by atoms with Crippen molar-refractivity contribution in [1.82, 2.24) is 10.3 Å². The standard InChI is InChI=1S/C19H16ClN3O3/c1-11(24)23-14-6-7-15-17(8-14)21-10-16(18(15)25)19(26)22-9-12-2-4-13(20)5-3-12/h2-8,10H,9H2,1H3,(H,21,25)(H,22,26)(H,23,24). The quantitative estimate of drug-likeness (QED) is 0.656. The van der Waals surface area contributed by atoms with Gasteiger partial charge in [0.1, 0.15) is 11.3 Å². The topological polar surface area (TPSA) is 91.3 Å². The van der Waals surface area contributed by atoms with Crippen LogP contribution in [0.3, 0.4) is 0 Å². The van der Waals surface area contributed by atoms with Crippen molar-refractivity contribution >= 4 is 40.0 Å². The third-order valence-electron chi connectivity index (χ3n) is 3.77. The molecular formula is C19H16ClN3O3. The molecule has 3 rings (SSSR count). The van der Waals surface area contributed by atoms with Gasteiger partial charge in [0.05, 0.1) is 5.52 Å². The number of nitrogens with one attached hydrogen (secondary N) is 2. The Kier molecular flexibility index (Phi) is 5.04. The average molecular weight is 370 g/mol. The van der Waals surface area contributed by atoms with Gasteiger partial charge in [0.2, 0.25) is 5.91 Å². The fourth-order valence-corrected chi connectivity index (χ4v) is 2.63. The van der Waals surface area contributed by atoms with Crippen molar-refractivity contribution in [2.24, 2.45) is 0 Å². The van der Waals surface area contributed by atoms with Crippen LogP contribution in [0.2, 0.25) is 5.02 Å². The lowest BCUT2D eigenvalue weighted by molar-refractivity contribution is -0.114. The minimum atomic E-state index is -0.433. The second-order valence-corrected chi connectivity index (χ2v) is 6.18. The highest BCUT2D eigenvalue weighted by Crippen LogP contribution is 2.29. The summed E-state index contributed by atoms with van der Waals surface area (Å²) >= 11 is 5.83. The summed E-state index contributed by atoms with van der Waals surface area (Å²) in [7, 11) is 0. The van der Waals surface area contributed by atoms with Crippen LogP contribution in [0.25, 0.3) is 10.9 Å². The number of nitrogens with zero attached hydrogens (tertiary/aromatic N) is 1. The van der Waals surface area contributed by atoms with E-state index in [1.165, 1.54) is 13.1 Å². The zero-order valence-corrected chi connectivity index (χ0v) is 14.7.